The van der Waals surface area contributed by atoms with Crippen LogP contribution in [0, 0.1) is 0 Å². The molecule has 1 saturated carbocycles. The lowest BCUT2D eigenvalue weighted by molar-refractivity contribution is 0.0954. The van der Waals surface area contributed by atoms with Crippen LogP contribution in [0.3, 0.4) is 0 Å². The largest absolute Gasteiger partial charge is 0.348 e. The van der Waals surface area contributed by atoms with E-state index in [9.17, 15) is 4.79 Å². The molecule has 0 spiro atoms. The fourth-order valence-corrected chi connectivity index (χ4v) is 2.70. The SMILES string of the molecule is O=C(N[C@@H]1C[C@H]1c1ccccc1)c1cccs1. The van der Waals surface area contributed by atoms with Crippen LogP contribution in [0.4, 0.5) is 0 Å². The highest BCUT2D eigenvalue weighted by Crippen LogP contribution is 2.40. The van der Waals surface area contributed by atoms with Crippen molar-refractivity contribution in [1.29, 1.82) is 0 Å². The normalized spacial score (nSPS) is 22.1. The van der Waals surface area contributed by atoms with E-state index in [-0.39, 0.29) is 5.91 Å². The first-order valence-corrected chi connectivity index (χ1v) is 6.62. The van der Waals surface area contributed by atoms with Gasteiger partial charge in [-0.1, -0.05) is 36.4 Å². The molecule has 0 bridgehead atoms. The minimum atomic E-state index is 0.0587. The molecule has 3 heteroatoms. The van der Waals surface area contributed by atoms with E-state index < -0.39 is 0 Å². The number of nitrogens with one attached hydrogen (secondary N) is 1. The Kier molecular flexibility index (Phi) is 2.69. The van der Waals surface area contributed by atoms with Crippen molar-refractivity contribution in [2.75, 3.05) is 0 Å². The van der Waals surface area contributed by atoms with E-state index in [4.69, 9.17) is 0 Å². The van der Waals surface area contributed by atoms with Crippen LogP contribution in [0.1, 0.15) is 27.6 Å². The maximum absolute atomic E-state index is 11.8. The number of hydrogen-bond donors (Lipinski definition) is 1. The van der Waals surface area contributed by atoms with Gasteiger partial charge in [-0.3, -0.25) is 4.79 Å². The Balaban J connectivity index is 1.61. The summed E-state index contributed by atoms with van der Waals surface area (Å²) >= 11 is 1.49. The number of carbonyl (C=O) groups is 1. The van der Waals surface area contributed by atoms with Gasteiger partial charge < -0.3 is 5.32 Å². The van der Waals surface area contributed by atoms with E-state index in [1.807, 2.05) is 35.7 Å². The number of thiophene rings is 1. The molecule has 0 aliphatic heterocycles. The Morgan fingerprint density at radius 3 is 2.71 bits per heavy atom. The molecule has 1 aromatic carbocycles. The molecule has 0 radical (unpaired) electrons. The second-order valence-electron chi connectivity index (χ2n) is 4.31. The highest BCUT2D eigenvalue weighted by molar-refractivity contribution is 7.12. The fraction of sp³-hybridized carbons (Fsp3) is 0.214. The van der Waals surface area contributed by atoms with Gasteiger partial charge in [0, 0.05) is 12.0 Å². The zero-order valence-electron chi connectivity index (χ0n) is 9.30. The average Bonchev–Trinajstić information content (AvgIpc) is 2.92. The lowest BCUT2D eigenvalue weighted by Crippen LogP contribution is -2.25. The summed E-state index contributed by atoms with van der Waals surface area (Å²) in [6.07, 6.45) is 1.06. The van der Waals surface area contributed by atoms with E-state index in [1.165, 1.54) is 16.9 Å². The van der Waals surface area contributed by atoms with Crippen LogP contribution < -0.4 is 5.32 Å². The van der Waals surface area contributed by atoms with Gasteiger partial charge in [0.05, 0.1) is 4.88 Å². The van der Waals surface area contributed by atoms with Crippen LogP contribution in [-0.2, 0) is 0 Å². The van der Waals surface area contributed by atoms with Gasteiger partial charge >= 0.3 is 0 Å². The van der Waals surface area contributed by atoms with Crippen LogP contribution >= 0.6 is 11.3 Å². The second kappa shape index (κ2) is 4.34. The molecule has 1 aliphatic rings. The van der Waals surface area contributed by atoms with Crippen molar-refractivity contribution in [3.05, 3.63) is 58.3 Å². The van der Waals surface area contributed by atoms with Crippen molar-refractivity contribution in [3.63, 3.8) is 0 Å². The first kappa shape index (κ1) is 10.5. The maximum Gasteiger partial charge on any atom is 0.261 e. The van der Waals surface area contributed by atoms with Crippen LogP contribution in [0.5, 0.6) is 0 Å². The van der Waals surface area contributed by atoms with E-state index in [2.05, 4.69) is 17.4 Å². The molecule has 17 heavy (non-hydrogen) atoms. The predicted octanol–water partition coefficient (Wildman–Crippen LogP) is 3.03. The molecular weight excluding hydrogens is 230 g/mol. The Hall–Kier alpha value is -1.61. The summed E-state index contributed by atoms with van der Waals surface area (Å²) in [5.41, 5.74) is 1.32. The topological polar surface area (TPSA) is 29.1 Å². The summed E-state index contributed by atoms with van der Waals surface area (Å²) in [6, 6.07) is 14.4. The monoisotopic (exact) mass is 243 g/mol. The van der Waals surface area contributed by atoms with Gasteiger partial charge in [-0.05, 0) is 23.4 Å². The molecule has 1 fully saturated rings. The number of hydrogen-bond acceptors (Lipinski definition) is 2. The fourth-order valence-electron chi connectivity index (χ4n) is 2.07. The van der Waals surface area contributed by atoms with E-state index in [0.717, 1.165) is 11.3 Å². The third-order valence-corrected chi connectivity index (χ3v) is 3.95. The van der Waals surface area contributed by atoms with E-state index in [0.29, 0.717) is 12.0 Å². The van der Waals surface area contributed by atoms with Crippen molar-refractivity contribution in [1.82, 2.24) is 5.32 Å². The molecule has 86 valence electrons. The zero-order chi connectivity index (χ0) is 11.7. The molecular formula is C14H13NOS. The molecule has 2 nitrogen and oxygen atoms in total. The molecule has 0 unspecified atom stereocenters. The Morgan fingerprint density at radius 1 is 1.18 bits per heavy atom. The van der Waals surface area contributed by atoms with Gasteiger partial charge in [0.25, 0.3) is 5.91 Å². The lowest BCUT2D eigenvalue weighted by Gasteiger charge is -2.02. The maximum atomic E-state index is 11.8. The Morgan fingerprint density at radius 2 is 2.00 bits per heavy atom. The molecule has 1 amide bonds. The summed E-state index contributed by atoms with van der Waals surface area (Å²) in [6.45, 7) is 0. The predicted molar refractivity (Wildman–Crippen MR) is 69.4 cm³/mol. The van der Waals surface area contributed by atoms with Gasteiger partial charge in [0.1, 0.15) is 0 Å². The Bertz CT molecular complexity index is 506. The van der Waals surface area contributed by atoms with Crippen LogP contribution in [0.25, 0.3) is 0 Å². The van der Waals surface area contributed by atoms with Crippen LogP contribution in [0.2, 0.25) is 0 Å². The summed E-state index contributed by atoms with van der Waals surface area (Å²) in [4.78, 5) is 12.6. The summed E-state index contributed by atoms with van der Waals surface area (Å²) in [5.74, 6) is 0.559. The van der Waals surface area contributed by atoms with Crippen molar-refractivity contribution in [2.45, 2.75) is 18.4 Å². The lowest BCUT2D eigenvalue weighted by atomic mass is 10.1. The molecule has 1 aromatic heterocycles. The third kappa shape index (κ3) is 2.24. The minimum absolute atomic E-state index is 0.0587. The Labute approximate surface area is 104 Å². The number of benzene rings is 1. The summed E-state index contributed by atoms with van der Waals surface area (Å²) < 4.78 is 0. The van der Waals surface area contributed by atoms with Gasteiger partial charge in [-0.15, -0.1) is 11.3 Å². The molecule has 1 aliphatic carbocycles. The van der Waals surface area contributed by atoms with Crippen molar-refractivity contribution in [3.8, 4) is 0 Å². The summed E-state index contributed by atoms with van der Waals surface area (Å²) in [5, 5.41) is 5.00. The standard InChI is InChI=1S/C14H13NOS/c16-14(13-7-4-8-17-13)15-12-9-11(12)10-5-2-1-3-6-10/h1-8,11-12H,9H2,(H,15,16)/t11-,12+/m0/s1. The van der Waals surface area contributed by atoms with Crippen molar-refractivity contribution >= 4 is 17.2 Å². The van der Waals surface area contributed by atoms with E-state index >= 15 is 0 Å². The van der Waals surface area contributed by atoms with Crippen LogP contribution in [0.15, 0.2) is 47.8 Å². The molecule has 1 heterocycles. The quantitative estimate of drug-likeness (QED) is 0.882. The molecule has 1 N–H and O–H groups in total. The number of amides is 1. The van der Waals surface area contributed by atoms with Crippen molar-refractivity contribution in [2.24, 2.45) is 0 Å². The van der Waals surface area contributed by atoms with E-state index in [1.54, 1.807) is 0 Å². The molecule has 3 rings (SSSR count). The highest BCUT2D eigenvalue weighted by Gasteiger charge is 2.39. The molecule has 0 saturated heterocycles. The summed E-state index contributed by atoms with van der Waals surface area (Å²) in [7, 11) is 0. The first-order valence-electron chi connectivity index (χ1n) is 5.74. The third-order valence-electron chi connectivity index (χ3n) is 3.08. The highest BCUT2D eigenvalue weighted by atomic mass is 32.1. The van der Waals surface area contributed by atoms with Gasteiger partial charge in [-0.2, -0.15) is 0 Å². The van der Waals surface area contributed by atoms with Gasteiger partial charge in [-0.25, -0.2) is 0 Å². The smallest absolute Gasteiger partial charge is 0.261 e. The number of carbonyl (C=O) groups excluding carboxylic acids is 1. The average molecular weight is 243 g/mol. The van der Waals surface area contributed by atoms with Gasteiger partial charge in [0.15, 0.2) is 0 Å². The van der Waals surface area contributed by atoms with Gasteiger partial charge in [0.2, 0.25) is 0 Å². The minimum Gasteiger partial charge on any atom is -0.348 e. The van der Waals surface area contributed by atoms with Crippen LogP contribution in [-0.4, -0.2) is 11.9 Å². The molecule has 2 aromatic rings. The molecule has 2 atom stereocenters. The first-order chi connectivity index (χ1) is 8.34. The zero-order valence-corrected chi connectivity index (χ0v) is 10.1. The number of rotatable bonds is 3. The van der Waals surface area contributed by atoms with Crippen molar-refractivity contribution < 1.29 is 4.79 Å². The second-order valence-corrected chi connectivity index (χ2v) is 5.26.